The summed E-state index contributed by atoms with van der Waals surface area (Å²) in [5, 5.41) is 18.6. The number of aliphatic hydroxyl groups excluding tert-OH is 1. The van der Waals surface area contributed by atoms with Crippen LogP contribution in [0, 0.1) is 0 Å². The van der Waals surface area contributed by atoms with Crippen molar-refractivity contribution in [3.8, 4) is 0 Å². The predicted octanol–water partition coefficient (Wildman–Crippen LogP) is 3.66. The second kappa shape index (κ2) is 8.33. The lowest BCUT2D eigenvalue weighted by Gasteiger charge is -2.29. The Morgan fingerprint density at radius 2 is 1.85 bits per heavy atom. The number of hydrogen-bond donors (Lipinski definition) is 2. The Hall–Kier alpha value is -2.03. The van der Waals surface area contributed by atoms with Gasteiger partial charge in [0.05, 0.1) is 12.5 Å². The molecule has 2 rings (SSSR count). The summed E-state index contributed by atoms with van der Waals surface area (Å²) in [5.74, 6) is -5.02. The largest absolute Gasteiger partial charge is 0.480 e. The highest BCUT2D eigenvalue weighted by atomic mass is 35.5. The number of nitrogens with zero attached hydrogens (tertiary/aromatic N) is 1. The number of alkyl halides is 3. The molecule has 10 heteroatoms. The molecule has 1 heterocycles. The Kier molecular flexibility index (Phi) is 6.56. The van der Waals surface area contributed by atoms with Gasteiger partial charge in [0.25, 0.3) is 5.56 Å². The number of rotatable bonds is 6. The maximum Gasteiger partial charge on any atom is 0.396 e. The Bertz CT molecular complexity index is 898. The van der Waals surface area contributed by atoms with E-state index in [1.165, 1.54) is 18.2 Å². The quantitative estimate of drug-likeness (QED) is 0.742. The third-order valence-corrected chi connectivity index (χ3v) is 4.56. The van der Waals surface area contributed by atoms with Crippen molar-refractivity contribution in [1.29, 1.82) is 0 Å². The summed E-state index contributed by atoms with van der Waals surface area (Å²) in [6, 6.07) is 5.63. The van der Waals surface area contributed by atoms with E-state index in [1.54, 1.807) is 0 Å². The second-order valence-electron chi connectivity index (χ2n) is 5.79. The van der Waals surface area contributed by atoms with Crippen LogP contribution in [0.5, 0.6) is 0 Å². The van der Waals surface area contributed by atoms with Crippen molar-refractivity contribution in [1.82, 2.24) is 4.57 Å². The van der Waals surface area contributed by atoms with E-state index < -0.39 is 48.3 Å². The van der Waals surface area contributed by atoms with Gasteiger partial charge in [-0.05, 0) is 29.3 Å². The summed E-state index contributed by atoms with van der Waals surface area (Å²) in [6.07, 6.45) is -3.83. The first-order chi connectivity index (χ1) is 12.5. The lowest BCUT2D eigenvalue weighted by molar-refractivity contribution is -0.158. The van der Waals surface area contributed by atoms with Gasteiger partial charge in [0.1, 0.15) is 6.54 Å². The molecule has 2 atom stereocenters. The van der Waals surface area contributed by atoms with Crippen molar-refractivity contribution >= 4 is 29.2 Å². The minimum absolute atomic E-state index is 0.0283. The molecule has 0 saturated carbocycles. The topological polar surface area (TPSA) is 79.5 Å². The third kappa shape index (κ3) is 5.03. The number of benzene rings is 1. The van der Waals surface area contributed by atoms with Crippen molar-refractivity contribution in [2.24, 2.45) is 0 Å². The van der Waals surface area contributed by atoms with Crippen molar-refractivity contribution in [3.05, 3.63) is 68.1 Å². The van der Waals surface area contributed by atoms with Crippen molar-refractivity contribution < 1.29 is 28.2 Å². The van der Waals surface area contributed by atoms with Crippen LogP contribution in [0.1, 0.15) is 23.0 Å². The predicted molar refractivity (Wildman–Crippen MR) is 93.4 cm³/mol. The fourth-order valence-electron chi connectivity index (χ4n) is 2.83. The van der Waals surface area contributed by atoms with Gasteiger partial charge in [-0.2, -0.15) is 13.2 Å². The molecule has 0 aliphatic carbocycles. The standard InChI is InChI=1S/C17H14Cl2F3NO4/c18-10-1-2-11(13(19)6-10)12(8-24)16(17(20,21)22)9-3-4-23(7-15(26)27)14(25)5-9/h1-6,12,16,24H,7-8H2,(H,26,27). The number of carboxylic acid groups (broad SMARTS) is 1. The number of carboxylic acids is 1. The maximum absolute atomic E-state index is 13.8. The van der Waals surface area contributed by atoms with Gasteiger partial charge in [0, 0.05) is 28.2 Å². The van der Waals surface area contributed by atoms with Crippen LogP contribution in [0.25, 0.3) is 0 Å². The van der Waals surface area contributed by atoms with Gasteiger partial charge >= 0.3 is 12.1 Å². The first kappa shape index (κ1) is 21.3. The van der Waals surface area contributed by atoms with Gasteiger partial charge in [0.2, 0.25) is 0 Å². The Labute approximate surface area is 161 Å². The third-order valence-electron chi connectivity index (χ3n) is 4.00. The molecule has 2 N–H and O–H groups in total. The SMILES string of the molecule is O=C(O)Cn1ccc(C(C(CO)c2ccc(Cl)cc2Cl)C(F)(F)F)cc1=O. The zero-order valence-electron chi connectivity index (χ0n) is 13.6. The summed E-state index contributed by atoms with van der Waals surface area (Å²) in [6.45, 7) is -1.56. The van der Waals surface area contributed by atoms with E-state index in [-0.39, 0.29) is 15.6 Å². The number of aliphatic carboxylic acids is 1. The fourth-order valence-corrected chi connectivity index (χ4v) is 3.38. The lowest BCUT2D eigenvalue weighted by atomic mass is 9.81. The molecule has 0 aliphatic heterocycles. The van der Waals surface area contributed by atoms with Crippen LogP contribution in [-0.4, -0.2) is 33.5 Å². The number of aromatic nitrogens is 1. The van der Waals surface area contributed by atoms with Crippen LogP contribution < -0.4 is 5.56 Å². The minimum Gasteiger partial charge on any atom is -0.480 e. The van der Waals surface area contributed by atoms with Gasteiger partial charge in [-0.25, -0.2) is 0 Å². The average molecular weight is 424 g/mol. The molecule has 0 saturated heterocycles. The first-order valence-electron chi connectivity index (χ1n) is 7.59. The lowest BCUT2D eigenvalue weighted by Crippen LogP contribution is -2.31. The molecule has 146 valence electrons. The molecule has 2 unspecified atom stereocenters. The fraction of sp³-hybridized carbons (Fsp3) is 0.294. The number of halogens is 5. The van der Waals surface area contributed by atoms with Gasteiger partial charge in [-0.1, -0.05) is 29.3 Å². The summed E-state index contributed by atoms with van der Waals surface area (Å²) < 4.78 is 42.2. The molecule has 27 heavy (non-hydrogen) atoms. The number of aliphatic hydroxyl groups is 1. The van der Waals surface area contributed by atoms with Gasteiger partial charge < -0.3 is 14.8 Å². The molecular formula is C17H14Cl2F3NO4. The summed E-state index contributed by atoms with van der Waals surface area (Å²) in [7, 11) is 0. The molecule has 0 aliphatic rings. The van der Waals surface area contributed by atoms with E-state index >= 15 is 0 Å². The normalized spacial score (nSPS) is 14.0. The Morgan fingerprint density at radius 3 is 2.33 bits per heavy atom. The number of carbonyl (C=O) groups is 1. The molecule has 5 nitrogen and oxygen atoms in total. The van der Waals surface area contributed by atoms with E-state index in [2.05, 4.69) is 0 Å². The van der Waals surface area contributed by atoms with Crippen LogP contribution in [0.4, 0.5) is 13.2 Å². The van der Waals surface area contributed by atoms with E-state index in [9.17, 15) is 27.9 Å². The van der Waals surface area contributed by atoms with Crippen molar-refractivity contribution in [2.75, 3.05) is 6.61 Å². The molecule has 0 amide bonds. The highest BCUT2D eigenvalue weighted by Crippen LogP contribution is 2.46. The summed E-state index contributed by atoms with van der Waals surface area (Å²) in [5.41, 5.74) is -1.28. The van der Waals surface area contributed by atoms with E-state index in [0.29, 0.717) is 6.07 Å². The van der Waals surface area contributed by atoms with E-state index in [1.807, 2.05) is 0 Å². The van der Waals surface area contributed by atoms with Gasteiger partial charge in [-0.3, -0.25) is 9.59 Å². The Morgan fingerprint density at radius 1 is 1.19 bits per heavy atom. The summed E-state index contributed by atoms with van der Waals surface area (Å²) in [4.78, 5) is 22.7. The molecular weight excluding hydrogens is 410 g/mol. The van der Waals surface area contributed by atoms with Gasteiger partial charge in [0.15, 0.2) is 0 Å². The molecule has 1 aromatic carbocycles. The van der Waals surface area contributed by atoms with Crippen LogP contribution in [0.15, 0.2) is 41.3 Å². The van der Waals surface area contributed by atoms with Gasteiger partial charge in [-0.15, -0.1) is 0 Å². The monoisotopic (exact) mass is 423 g/mol. The maximum atomic E-state index is 13.8. The summed E-state index contributed by atoms with van der Waals surface area (Å²) >= 11 is 11.8. The Balaban J connectivity index is 2.56. The first-order valence-corrected chi connectivity index (χ1v) is 8.35. The zero-order valence-corrected chi connectivity index (χ0v) is 15.1. The molecule has 1 aromatic heterocycles. The average Bonchev–Trinajstić information content (AvgIpc) is 2.54. The van der Waals surface area contributed by atoms with E-state index in [0.717, 1.165) is 16.8 Å². The highest BCUT2D eigenvalue weighted by molar-refractivity contribution is 6.35. The highest BCUT2D eigenvalue weighted by Gasteiger charge is 2.46. The number of pyridine rings is 1. The molecule has 0 bridgehead atoms. The van der Waals surface area contributed by atoms with Crippen molar-refractivity contribution in [2.45, 2.75) is 24.6 Å². The van der Waals surface area contributed by atoms with Crippen molar-refractivity contribution in [3.63, 3.8) is 0 Å². The van der Waals surface area contributed by atoms with E-state index in [4.69, 9.17) is 28.3 Å². The van der Waals surface area contributed by atoms with Crippen LogP contribution >= 0.6 is 23.2 Å². The zero-order chi connectivity index (χ0) is 20.4. The van der Waals surface area contributed by atoms with Crippen LogP contribution in [0.3, 0.4) is 0 Å². The minimum atomic E-state index is -4.80. The smallest absolute Gasteiger partial charge is 0.396 e. The number of hydrogen-bond acceptors (Lipinski definition) is 3. The molecule has 0 spiro atoms. The second-order valence-corrected chi connectivity index (χ2v) is 6.64. The molecule has 0 fully saturated rings. The van der Waals surface area contributed by atoms with Crippen LogP contribution in [-0.2, 0) is 11.3 Å². The van der Waals surface area contributed by atoms with Crippen LogP contribution in [0.2, 0.25) is 10.0 Å². The molecule has 2 aromatic rings. The molecule has 0 radical (unpaired) electrons.